The maximum absolute atomic E-state index is 12.4. The Kier molecular flexibility index (Phi) is 5.56. The Morgan fingerprint density at radius 1 is 1.35 bits per heavy atom. The molecule has 0 aromatic heterocycles. The molecule has 1 amide bonds. The summed E-state index contributed by atoms with van der Waals surface area (Å²) < 4.78 is 0. The number of rotatable bonds is 5. The fourth-order valence-electron chi connectivity index (χ4n) is 2.81. The summed E-state index contributed by atoms with van der Waals surface area (Å²) in [5.74, 6) is 0.166. The predicted octanol–water partition coefficient (Wildman–Crippen LogP) is 1.72. The second-order valence-corrected chi connectivity index (χ2v) is 5.47. The molecule has 2 rings (SSSR count). The number of hydrogen-bond acceptors (Lipinski definition) is 3. The normalized spacial score (nSPS) is 19.8. The zero-order valence-corrected chi connectivity index (χ0v) is 12.5. The van der Waals surface area contributed by atoms with Crippen molar-refractivity contribution in [2.24, 2.45) is 0 Å². The molecule has 0 aliphatic carbocycles. The summed E-state index contributed by atoms with van der Waals surface area (Å²) in [4.78, 5) is 16.5. The number of likely N-dealkylation sites (tertiary alicyclic amines) is 1. The quantitative estimate of drug-likeness (QED) is 0.889. The predicted molar refractivity (Wildman–Crippen MR) is 83.0 cm³/mol. The van der Waals surface area contributed by atoms with Crippen molar-refractivity contribution < 1.29 is 4.79 Å². The van der Waals surface area contributed by atoms with Gasteiger partial charge in [-0.25, -0.2) is 0 Å². The first-order valence-corrected chi connectivity index (χ1v) is 7.42. The van der Waals surface area contributed by atoms with E-state index >= 15 is 0 Å². The average Bonchev–Trinajstić information content (AvgIpc) is 2.49. The van der Waals surface area contributed by atoms with Crippen molar-refractivity contribution in [3.63, 3.8) is 0 Å². The minimum Gasteiger partial charge on any atom is -0.318 e. The molecule has 1 saturated heterocycles. The van der Waals surface area contributed by atoms with Crippen LogP contribution in [0.2, 0.25) is 0 Å². The standard InChI is InChI=1S/C16H25N3O/c1-17-12-15-10-6-7-11-19(15)13-16(20)18(2)14-8-4-3-5-9-14/h3-5,8-9,15,17H,6-7,10-13H2,1-2H3. The number of benzene rings is 1. The van der Waals surface area contributed by atoms with Crippen LogP contribution in [0, 0.1) is 0 Å². The number of para-hydroxylation sites is 1. The molecule has 1 aromatic carbocycles. The number of amides is 1. The highest BCUT2D eigenvalue weighted by molar-refractivity contribution is 5.94. The van der Waals surface area contributed by atoms with Gasteiger partial charge >= 0.3 is 0 Å². The van der Waals surface area contributed by atoms with Gasteiger partial charge in [-0.05, 0) is 38.6 Å². The lowest BCUT2D eigenvalue weighted by molar-refractivity contribution is -0.120. The highest BCUT2D eigenvalue weighted by Crippen LogP contribution is 2.17. The Hall–Kier alpha value is -1.39. The number of anilines is 1. The van der Waals surface area contributed by atoms with Gasteiger partial charge in [-0.2, -0.15) is 0 Å². The highest BCUT2D eigenvalue weighted by Gasteiger charge is 2.24. The van der Waals surface area contributed by atoms with E-state index in [0.717, 1.165) is 18.8 Å². The molecule has 0 saturated carbocycles. The summed E-state index contributed by atoms with van der Waals surface area (Å²) in [5, 5.41) is 3.23. The maximum Gasteiger partial charge on any atom is 0.240 e. The van der Waals surface area contributed by atoms with Gasteiger partial charge in [-0.1, -0.05) is 24.6 Å². The zero-order valence-electron chi connectivity index (χ0n) is 12.5. The molecule has 1 heterocycles. The summed E-state index contributed by atoms with van der Waals surface area (Å²) in [5.41, 5.74) is 0.958. The Bertz CT molecular complexity index is 419. The van der Waals surface area contributed by atoms with Crippen molar-refractivity contribution >= 4 is 11.6 Å². The van der Waals surface area contributed by atoms with Gasteiger partial charge in [0.2, 0.25) is 5.91 Å². The van der Waals surface area contributed by atoms with E-state index in [1.165, 1.54) is 19.3 Å². The van der Waals surface area contributed by atoms with Gasteiger partial charge in [0.25, 0.3) is 0 Å². The maximum atomic E-state index is 12.4. The van der Waals surface area contributed by atoms with Crippen LogP contribution in [-0.2, 0) is 4.79 Å². The smallest absolute Gasteiger partial charge is 0.240 e. The van der Waals surface area contributed by atoms with Crippen molar-refractivity contribution in [3.05, 3.63) is 30.3 Å². The van der Waals surface area contributed by atoms with Crippen molar-refractivity contribution in [1.82, 2.24) is 10.2 Å². The lowest BCUT2D eigenvalue weighted by Crippen LogP contribution is -2.49. The summed E-state index contributed by atoms with van der Waals surface area (Å²) in [6.45, 7) is 2.50. The minimum absolute atomic E-state index is 0.166. The van der Waals surface area contributed by atoms with Gasteiger partial charge in [-0.15, -0.1) is 0 Å². The van der Waals surface area contributed by atoms with Gasteiger partial charge in [0.15, 0.2) is 0 Å². The van der Waals surface area contributed by atoms with E-state index < -0.39 is 0 Å². The first-order chi connectivity index (χ1) is 9.72. The van der Waals surface area contributed by atoms with Gasteiger partial charge < -0.3 is 10.2 Å². The van der Waals surface area contributed by atoms with E-state index in [1.54, 1.807) is 4.90 Å². The van der Waals surface area contributed by atoms with E-state index in [4.69, 9.17) is 0 Å². The van der Waals surface area contributed by atoms with Crippen LogP contribution in [0.25, 0.3) is 0 Å². The first-order valence-electron chi connectivity index (χ1n) is 7.42. The molecule has 0 radical (unpaired) electrons. The highest BCUT2D eigenvalue weighted by atomic mass is 16.2. The molecular formula is C16H25N3O. The fraction of sp³-hybridized carbons (Fsp3) is 0.562. The molecule has 1 fully saturated rings. The lowest BCUT2D eigenvalue weighted by atomic mass is 10.0. The summed E-state index contributed by atoms with van der Waals surface area (Å²) in [7, 11) is 3.83. The molecule has 20 heavy (non-hydrogen) atoms. The monoisotopic (exact) mass is 275 g/mol. The van der Waals surface area contributed by atoms with Crippen molar-refractivity contribution in [3.8, 4) is 0 Å². The summed E-state index contributed by atoms with van der Waals surface area (Å²) in [6, 6.07) is 10.3. The molecule has 1 aliphatic heterocycles. The number of hydrogen-bond donors (Lipinski definition) is 1. The molecule has 1 unspecified atom stereocenters. The molecule has 0 bridgehead atoms. The van der Waals surface area contributed by atoms with Gasteiger partial charge in [-0.3, -0.25) is 9.69 Å². The molecule has 4 nitrogen and oxygen atoms in total. The van der Waals surface area contributed by atoms with Gasteiger partial charge in [0, 0.05) is 25.3 Å². The molecule has 1 aliphatic rings. The molecule has 1 atom stereocenters. The molecule has 1 N–H and O–H groups in total. The Labute approximate surface area is 121 Å². The van der Waals surface area contributed by atoms with Crippen LogP contribution in [0.5, 0.6) is 0 Å². The number of carbonyl (C=O) groups excluding carboxylic acids is 1. The fourth-order valence-corrected chi connectivity index (χ4v) is 2.81. The third-order valence-electron chi connectivity index (χ3n) is 4.04. The van der Waals surface area contributed by atoms with Gasteiger partial charge in [0.05, 0.1) is 6.54 Å². The lowest BCUT2D eigenvalue weighted by Gasteiger charge is -2.36. The van der Waals surface area contributed by atoms with E-state index in [-0.39, 0.29) is 5.91 Å². The minimum atomic E-state index is 0.166. The van der Waals surface area contributed by atoms with Crippen LogP contribution in [0.1, 0.15) is 19.3 Å². The van der Waals surface area contributed by atoms with Crippen molar-refractivity contribution in [2.45, 2.75) is 25.3 Å². The first kappa shape index (κ1) is 15.0. The second kappa shape index (κ2) is 7.41. The van der Waals surface area contributed by atoms with Crippen LogP contribution in [0.3, 0.4) is 0 Å². The third-order valence-corrected chi connectivity index (χ3v) is 4.04. The van der Waals surface area contributed by atoms with Crippen LogP contribution in [0.4, 0.5) is 5.69 Å². The number of nitrogens with zero attached hydrogens (tertiary/aromatic N) is 2. The van der Waals surface area contributed by atoms with Crippen LogP contribution in [0.15, 0.2) is 30.3 Å². The topological polar surface area (TPSA) is 35.6 Å². The Morgan fingerprint density at radius 3 is 2.80 bits per heavy atom. The van der Waals surface area contributed by atoms with E-state index in [1.807, 2.05) is 44.4 Å². The van der Waals surface area contributed by atoms with Gasteiger partial charge in [0.1, 0.15) is 0 Å². The Balaban J connectivity index is 1.95. The van der Waals surface area contributed by atoms with Crippen molar-refractivity contribution in [2.75, 3.05) is 38.6 Å². The molecule has 4 heteroatoms. The summed E-state index contributed by atoms with van der Waals surface area (Å²) in [6.07, 6.45) is 3.65. The van der Waals surface area contributed by atoms with E-state index in [0.29, 0.717) is 12.6 Å². The number of carbonyl (C=O) groups is 1. The number of piperidine rings is 1. The van der Waals surface area contributed by atoms with E-state index in [2.05, 4.69) is 10.2 Å². The van der Waals surface area contributed by atoms with Crippen LogP contribution in [-0.4, -0.2) is 50.6 Å². The van der Waals surface area contributed by atoms with Crippen LogP contribution < -0.4 is 10.2 Å². The molecular weight excluding hydrogens is 250 g/mol. The number of likely N-dealkylation sites (N-methyl/N-ethyl adjacent to an activating group) is 2. The molecule has 110 valence electrons. The molecule has 1 aromatic rings. The van der Waals surface area contributed by atoms with Crippen LogP contribution >= 0.6 is 0 Å². The second-order valence-electron chi connectivity index (χ2n) is 5.47. The SMILES string of the molecule is CNCC1CCCCN1CC(=O)N(C)c1ccccc1. The third kappa shape index (κ3) is 3.81. The molecule has 0 spiro atoms. The number of nitrogens with one attached hydrogen (secondary N) is 1. The zero-order chi connectivity index (χ0) is 14.4. The largest absolute Gasteiger partial charge is 0.318 e. The summed E-state index contributed by atoms with van der Waals surface area (Å²) >= 11 is 0. The van der Waals surface area contributed by atoms with E-state index in [9.17, 15) is 4.79 Å². The average molecular weight is 275 g/mol. The van der Waals surface area contributed by atoms with Crippen molar-refractivity contribution in [1.29, 1.82) is 0 Å². The Morgan fingerprint density at radius 2 is 2.10 bits per heavy atom.